The van der Waals surface area contributed by atoms with Crippen LogP contribution < -0.4 is 5.32 Å². The highest BCUT2D eigenvalue weighted by Gasteiger charge is 2.41. The number of amides is 3. The van der Waals surface area contributed by atoms with E-state index in [0.29, 0.717) is 0 Å². The third-order valence-corrected chi connectivity index (χ3v) is 1.67. The van der Waals surface area contributed by atoms with Gasteiger partial charge >= 0.3 is 12.0 Å². The van der Waals surface area contributed by atoms with E-state index in [1.807, 2.05) is 0 Å². The summed E-state index contributed by atoms with van der Waals surface area (Å²) >= 11 is 0. The summed E-state index contributed by atoms with van der Waals surface area (Å²) in [4.78, 5) is 34.0. The van der Waals surface area contributed by atoms with E-state index in [1.54, 1.807) is 6.92 Å². The molecular formula is C7H10N2O4. The first-order chi connectivity index (χ1) is 6.07. The fraction of sp³-hybridized carbons (Fsp3) is 0.571. The number of carbonyl (C=O) groups is 3. The zero-order valence-electron chi connectivity index (χ0n) is 7.36. The van der Waals surface area contributed by atoms with Gasteiger partial charge in [0.05, 0.1) is 6.61 Å². The monoisotopic (exact) mass is 186 g/mol. The summed E-state index contributed by atoms with van der Waals surface area (Å²) in [6, 6.07) is -1.75. The zero-order valence-corrected chi connectivity index (χ0v) is 7.36. The second kappa shape index (κ2) is 3.42. The quantitative estimate of drug-likeness (QED) is 0.344. The average Bonchev–Trinajstić information content (AvgIpc) is 2.33. The lowest BCUT2D eigenvalue weighted by Gasteiger charge is -2.06. The molecule has 1 unspecified atom stereocenters. The van der Waals surface area contributed by atoms with Crippen molar-refractivity contribution in [2.45, 2.75) is 13.0 Å². The molecule has 72 valence electrons. The summed E-state index contributed by atoms with van der Waals surface area (Å²) in [5.74, 6) is -1.30. The topological polar surface area (TPSA) is 75.7 Å². The van der Waals surface area contributed by atoms with E-state index in [2.05, 4.69) is 10.1 Å². The van der Waals surface area contributed by atoms with Crippen LogP contribution in [0.1, 0.15) is 6.92 Å². The average molecular weight is 186 g/mol. The van der Waals surface area contributed by atoms with Gasteiger partial charge in [0.15, 0.2) is 0 Å². The summed E-state index contributed by atoms with van der Waals surface area (Å²) in [5.41, 5.74) is 0. The third kappa shape index (κ3) is 1.61. The fourth-order valence-corrected chi connectivity index (χ4v) is 0.961. The van der Waals surface area contributed by atoms with Crippen LogP contribution >= 0.6 is 0 Å². The summed E-state index contributed by atoms with van der Waals surface area (Å²) in [6.45, 7) is 1.81. The molecule has 1 N–H and O–H groups in total. The van der Waals surface area contributed by atoms with Crippen molar-refractivity contribution in [3.8, 4) is 0 Å². The predicted octanol–water partition coefficient (Wildman–Crippen LogP) is -0.900. The number of hydrogen-bond donors (Lipinski definition) is 1. The molecule has 0 bridgehead atoms. The molecule has 6 nitrogen and oxygen atoms in total. The molecular weight excluding hydrogens is 176 g/mol. The highest BCUT2D eigenvalue weighted by atomic mass is 16.5. The Morgan fingerprint density at radius 1 is 1.62 bits per heavy atom. The van der Waals surface area contributed by atoms with E-state index in [0.717, 1.165) is 4.90 Å². The zero-order chi connectivity index (χ0) is 10.0. The van der Waals surface area contributed by atoms with E-state index in [1.165, 1.54) is 7.05 Å². The van der Waals surface area contributed by atoms with Crippen molar-refractivity contribution in [1.82, 2.24) is 10.2 Å². The van der Waals surface area contributed by atoms with Gasteiger partial charge in [-0.2, -0.15) is 0 Å². The van der Waals surface area contributed by atoms with Crippen LogP contribution in [-0.2, 0) is 14.3 Å². The first-order valence-electron chi connectivity index (χ1n) is 3.82. The molecule has 1 heterocycles. The minimum atomic E-state index is -1.17. The van der Waals surface area contributed by atoms with E-state index in [9.17, 15) is 14.4 Å². The van der Waals surface area contributed by atoms with Crippen LogP contribution in [0.4, 0.5) is 4.79 Å². The Hall–Kier alpha value is -1.59. The maximum atomic E-state index is 11.2. The molecule has 1 fully saturated rings. The van der Waals surface area contributed by atoms with Crippen LogP contribution in [0.3, 0.4) is 0 Å². The van der Waals surface area contributed by atoms with Crippen LogP contribution in [0.5, 0.6) is 0 Å². The van der Waals surface area contributed by atoms with E-state index < -0.39 is 23.9 Å². The molecule has 1 atom stereocenters. The van der Waals surface area contributed by atoms with Crippen LogP contribution in [0.25, 0.3) is 0 Å². The number of nitrogens with one attached hydrogen (secondary N) is 1. The van der Waals surface area contributed by atoms with Crippen molar-refractivity contribution < 1.29 is 19.1 Å². The Morgan fingerprint density at radius 3 is 2.62 bits per heavy atom. The molecule has 0 radical (unpaired) electrons. The highest BCUT2D eigenvalue weighted by molar-refractivity contribution is 6.14. The van der Waals surface area contributed by atoms with Gasteiger partial charge in [0.2, 0.25) is 6.04 Å². The Balaban J connectivity index is 2.68. The SMILES string of the molecule is CCOC(=O)C1NC(=O)N(C)C1=O. The lowest BCUT2D eigenvalue weighted by Crippen LogP contribution is -2.38. The van der Waals surface area contributed by atoms with Crippen molar-refractivity contribution in [3.05, 3.63) is 0 Å². The first-order valence-corrected chi connectivity index (χ1v) is 3.82. The molecule has 6 heteroatoms. The normalized spacial score (nSPS) is 21.7. The largest absolute Gasteiger partial charge is 0.464 e. The second-order valence-corrected chi connectivity index (χ2v) is 2.53. The molecule has 0 aromatic carbocycles. The van der Waals surface area contributed by atoms with Gasteiger partial charge in [-0.1, -0.05) is 0 Å². The number of esters is 1. The number of carbonyl (C=O) groups excluding carboxylic acids is 3. The Bertz CT molecular complexity index is 263. The van der Waals surface area contributed by atoms with Crippen molar-refractivity contribution in [1.29, 1.82) is 0 Å². The number of hydrogen-bond acceptors (Lipinski definition) is 4. The van der Waals surface area contributed by atoms with Crippen LogP contribution in [0.2, 0.25) is 0 Å². The smallest absolute Gasteiger partial charge is 0.338 e. The molecule has 13 heavy (non-hydrogen) atoms. The van der Waals surface area contributed by atoms with Gasteiger partial charge in [0, 0.05) is 7.05 Å². The fourth-order valence-electron chi connectivity index (χ4n) is 0.961. The van der Waals surface area contributed by atoms with E-state index in [-0.39, 0.29) is 6.61 Å². The van der Waals surface area contributed by atoms with E-state index in [4.69, 9.17) is 0 Å². The molecule has 1 rings (SSSR count). The molecule has 1 aliphatic heterocycles. The summed E-state index contributed by atoms with van der Waals surface area (Å²) in [7, 11) is 1.30. The molecule has 0 aliphatic carbocycles. The summed E-state index contributed by atoms with van der Waals surface area (Å²) in [5, 5.41) is 2.20. The maximum absolute atomic E-state index is 11.2. The molecule has 0 aromatic rings. The van der Waals surface area contributed by atoms with Crippen LogP contribution in [0.15, 0.2) is 0 Å². The first kappa shape index (κ1) is 9.50. The van der Waals surface area contributed by atoms with Crippen LogP contribution in [0, 0.1) is 0 Å². The summed E-state index contributed by atoms with van der Waals surface area (Å²) < 4.78 is 4.59. The van der Waals surface area contributed by atoms with Crippen molar-refractivity contribution >= 4 is 17.9 Å². The molecule has 0 spiro atoms. The summed E-state index contributed by atoms with van der Waals surface area (Å²) in [6.07, 6.45) is 0. The van der Waals surface area contributed by atoms with Gasteiger partial charge in [0.25, 0.3) is 5.91 Å². The number of likely N-dealkylation sites (N-methyl/N-ethyl adjacent to an activating group) is 1. The van der Waals surface area contributed by atoms with Gasteiger partial charge in [-0.05, 0) is 6.92 Å². The van der Waals surface area contributed by atoms with Crippen molar-refractivity contribution in [3.63, 3.8) is 0 Å². The standard InChI is InChI=1S/C7H10N2O4/c1-3-13-6(11)4-5(10)9(2)7(12)8-4/h4H,3H2,1-2H3,(H,8,12). The third-order valence-electron chi connectivity index (χ3n) is 1.67. The Labute approximate surface area is 74.8 Å². The van der Waals surface area contributed by atoms with Gasteiger partial charge in [0.1, 0.15) is 0 Å². The molecule has 0 saturated carbocycles. The van der Waals surface area contributed by atoms with Crippen LogP contribution in [-0.4, -0.2) is 42.5 Å². The van der Waals surface area contributed by atoms with E-state index >= 15 is 0 Å². The Morgan fingerprint density at radius 2 is 2.23 bits per heavy atom. The van der Waals surface area contributed by atoms with Crippen molar-refractivity contribution in [2.75, 3.05) is 13.7 Å². The van der Waals surface area contributed by atoms with Gasteiger partial charge in [-0.3, -0.25) is 9.69 Å². The lowest BCUT2D eigenvalue weighted by atomic mass is 10.3. The number of rotatable bonds is 2. The Kier molecular flexibility index (Phi) is 2.50. The number of imide groups is 1. The maximum Gasteiger partial charge on any atom is 0.338 e. The highest BCUT2D eigenvalue weighted by Crippen LogP contribution is 2.04. The minimum absolute atomic E-state index is 0.183. The molecule has 3 amide bonds. The number of nitrogens with zero attached hydrogens (tertiary/aromatic N) is 1. The van der Waals surface area contributed by atoms with Gasteiger partial charge in [-0.15, -0.1) is 0 Å². The second-order valence-electron chi connectivity index (χ2n) is 2.53. The van der Waals surface area contributed by atoms with Crippen molar-refractivity contribution in [2.24, 2.45) is 0 Å². The van der Waals surface area contributed by atoms with Gasteiger partial charge in [-0.25, -0.2) is 9.59 Å². The number of urea groups is 1. The van der Waals surface area contributed by atoms with Gasteiger partial charge < -0.3 is 10.1 Å². The lowest BCUT2D eigenvalue weighted by molar-refractivity contribution is -0.148. The molecule has 0 aromatic heterocycles. The number of ether oxygens (including phenoxy) is 1. The predicted molar refractivity (Wildman–Crippen MR) is 41.7 cm³/mol. The minimum Gasteiger partial charge on any atom is -0.464 e. The molecule has 1 aliphatic rings. The molecule has 1 saturated heterocycles.